The molecule has 1 aliphatic heterocycles. The Labute approximate surface area is 130 Å². The van der Waals surface area contributed by atoms with Crippen LogP contribution < -0.4 is 0 Å². The molecule has 1 aromatic carbocycles. The van der Waals surface area contributed by atoms with Gasteiger partial charge >= 0.3 is 0 Å². The molecule has 10 heteroatoms. The Kier molecular flexibility index (Phi) is 5.58. The Morgan fingerprint density at radius 3 is 2.70 bits per heavy atom. The normalized spacial score (nSPS) is 31.2. The molecule has 1 saturated heterocycles. The molecule has 3 unspecified atom stereocenters. The van der Waals surface area contributed by atoms with E-state index in [1.165, 1.54) is 18.2 Å². The maximum atomic E-state index is 10.7. The fraction of sp³-hybridized carbons (Fsp3) is 0.462. The Bertz CT molecular complexity index is 579. The van der Waals surface area contributed by atoms with Crippen molar-refractivity contribution in [1.29, 1.82) is 0 Å². The van der Waals surface area contributed by atoms with Crippen LogP contribution in [-0.2, 0) is 9.57 Å². The molecule has 0 aromatic heterocycles. The average Bonchev–Trinajstić information content (AvgIpc) is 2.55. The number of aliphatic hydroxyl groups is 4. The highest BCUT2D eigenvalue weighted by Crippen LogP contribution is 2.22. The van der Waals surface area contributed by atoms with E-state index in [0.717, 1.165) is 6.21 Å². The molecule has 0 radical (unpaired) electrons. The lowest BCUT2D eigenvalue weighted by atomic mass is 9.99. The summed E-state index contributed by atoms with van der Waals surface area (Å²) in [5, 5.41) is 52.1. The van der Waals surface area contributed by atoms with E-state index in [-0.39, 0.29) is 5.69 Å². The highest BCUT2D eigenvalue weighted by atomic mass is 16.8. The van der Waals surface area contributed by atoms with Gasteiger partial charge < -0.3 is 30.0 Å². The molecule has 23 heavy (non-hydrogen) atoms. The summed E-state index contributed by atoms with van der Waals surface area (Å²) >= 11 is 0. The second-order valence-corrected chi connectivity index (χ2v) is 4.89. The van der Waals surface area contributed by atoms with Crippen molar-refractivity contribution in [3.05, 3.63) is 39.9 Å². The van der Waals surface area contributed by atoms with Crippen molar-refractivity contribution in [2.45, 2.75) is 30.7 Å². The zero-order valence-corrected chi connectivity index (χ0v) is 11.8. The highest BCUT2D eigenvalue weighted by molar-refractivity contribution is 5.80. The second-order valence-electron chi connectivity index (χ2n) is 4.89. The third-order valence-corrected chi connectivity index (χ3v) is 3.30. The van der Waals surface area contributed by atoms with E-state index >= 15 is 0 Å². The van der Waals surface area contributed by atoms with Crippen molar-refractivity contribution in [3.8, 4) is 0 Å². The van der Waals surface area contributed by atoms with Gasteiger partial charge in [0.05, 0.1) is 17.7 Å². The number of rotatable bonds is 5. The van der Waals surface area contributed by atoms with E-state index in [9.17, 15) is 25.4 Å². The molecule has 0 bridgehead atoms. The molecule has 1 fully saturated rings. The number of nitro benzene ring substituents is 1. The monoisotopic (exact) mass is 328 g/mol. The smallest absolute Gasteiger partial charge is 0.270 e. The van der Waals surface area contributed by atoms with Gasteiger partial charge in [0, 0.05) is 17.7 Å². The van der Waals surface area contributed by atoms with E-state index in [1.807, 2.05) is 0 Å². The summed E-state index contributed by atoms with van der Waals surface area (Å²) in [6.07, 6.45) is -5.98. The van der Waals surface area contributed by atoms with Crippen LogP contribution in [0.1, 0.15) is 5.56 Å². The maximum absolute atomic E-state index is 10.7. The Morgan fingerprint density at radius 2 is 2.04 bits per heavy atom. The summed E-state index contributed by atoms with van der Waals surface area (Å²) < 4.78 is 5.08. The number of benzene rings is 1. The first-order chi connectivity index (χ1) is 10.9. The molecule has 0 spiro atoms. The summed E-state index contributed by atoms with van der Waals surface area (Å²) in [5.74, 6) is 0. The molecule has 4 N–H and O–H groups in total. The lowest BCUT2D eigenvalue weighted by Crippen LogP contribution is -2.58. The van der Waals surface area contributed by atoms with E-state index in [1.54, 1.807) is 6.07 Å². The zero-order valence-electron chi connectivity index (χ0n) is 11.8. The third kappa shape index (κ3) is 4.00. The fourth-order valence-electron chi connectivity index (χ4n) is 2.02. The Balaban J connectivity index is 2.01. The summed E-state index contributed by atoms with van der Waals surface area (Å²) in [4.78, 5) is 15.0. The number of hydrogen-bond donors (Lipinski definition) is 4. The summed E-state index contributed by atoms with van der Waals surface area (Å²) in [6, 6.07) is 5.59. The van der Waals surface area contributed by atoms with Crippen molar-refractivity contribution in [2.75, 3.05) is 6.61 Å². The molecule has 0 amide bonds. The summed E-state index contributed by atoms with van der Waals surface area (Å²) in [6.45, 7) is -0.584. The first kappa shape index (κ1) is 17.2. The largest absolute Gasteiger partial charge is 0.394 e. The molecule has 10 nitrogen and oxygen atoms in total. The van der Waals surface area contributed by atoms with Crippen molar-refractivity contribution >= 4 is 11.9 Å². The van der Waals surface area contributed by atoms with Crippen LogP contribution in [0.25, 0.3) is 0 Å². The number of oxime groups is 1. The van der Waals surface area contributed by atoms with Crippen LogP contribution in [0.3, 0.4) is 0 Å². The van der Waals surface area contributed by atoms with Gasteiger partial charge in [-0.3, -0.25) is 10.1 Å². The molecule has 5 atom stereocenters. The lowest BCUT2D eigenvalue weighted by Gasteiger charge is -2.38. The van der Waals surface area contributed by atoms with Crippen molar-refractivity contribution in [3.63, 3.8) is 0 Å². The molecule has 0 aliphatic carbocycles. The molecule has 126 valence electrons. The molecule has 0 saturated carbocycles. The standard InChI is InChI=1S/C13H16N2O8/c16-6-9-10(17)11(18)12(19)13(22-9)23-14-5-7-2-1-3-8(4-7)15(20)21/h1-5,9-13,16-19H,6H2/b14-5+/t9?,10?,11-,12?,13-/m0/s1. The van der Waals surface area contributed by atoms with E-state index in [4.69, 9.17) is 14.7 Å². The minimum absolute atomic E-state index is 0.123. The van der Waals surface area contributed by atoms with Crippen LogP contribution in [0.4, 0.5) is 5.69 Å². The van der Waals surface area contributed by atoms with Gasteiger partial charge in [-0.15, -0.1) is 0 Å². The van der Waals surface area contributed by atoms with Crippen LogP contribution in [0.5, 0.6) is 0 Å². The summed E-state index contributed by atoms with van der Waals surface area (Å²) in [7, 11) is 0. The molecular formula is C13H16N2O8. The number of nitro groups is 1. The van der Waals surface area contributed by atoms with Crippen molar-refractivity contribution in [2.24, 2.45) is 5.16 Å². The SMILES string of the molecule is O=[N+]([O-])c1cccc(/C=N/O[C@@H]2OC(CO)C(O)[C@H](O)C2O)c1. The predicted molar refractivity (Wildman–Crippen MR) is 75.5 cm³/mol. The van der Waals surface area contributed by atoms with E-state index in [2.05, 4.69) is 5.16 Å². The topological polar surface area (TPSA) is 155 Å². The fourth-order valence-corrected chi connectivity index (χ4v) is 2.02. The van der Waals surface area contributed by atoms with Crippen molar-refractivity contribution in [1.82, 2.24) is 0 Å². The van der Waals surface area contributed by atoms with Gasteiger partial charge in [0.25, 0.3) is 12.0 Å². The number of hydrogen-bond acceptors (Lipinski definition) is 9. The van der Waals surface area contributed by atoms with Crippen LogP contribution in [0.2, 0.25) is 0 Å². The quantitative estimate of drug-likeness (QED) is 0.297. The minimum atomic E-state index is -1.57. The number of aliphatic hydroxyl groups excluding tert-OH is 4. The van der Waals surface area contributed by atoms with Gasteiger partial charge in [0.15, 0.2) is 0 Å². The third-order valence-electron chi connectivity index (χ3n) is 3.30. The Hall–Kier alpha value is -2.11. The molecular weight excluding hydrogens is 312 g/mol. The van der Waals surface area contributed by atoms with Crippen LogP contribution in [0, 0.1) is 10.1 Å². The van der Waals surface area contributed by atoms with Crippen LogP contribution in [-0.4, -0.2) is 68.9 Å². The molecule has 1 aliphatic rings. The average molecular weight is 328 g/mol. The van der Waals surface area contributed by atoms with E-state index in [0.29, 0.717) is 5.56 Å². The number of ether oxygens (including phenoxy) is 1. The predicted octanol–water partition coefficient (Wildman–Crippen LogP) is -1.25. The first-order valence-electron chi connectivity index (χ1n) is 6.68. The number of nitrogens with zero attached hydrogens (tertiary/aromatic N) is 2. The van der Waals surface area contributed by atoms with Gasteiger partial charge in [0.2, 0.25) is 0 Å². The van der Waals surface area contributed by atoms with Gasteiger partial charge in [-0.25, -0.2) is 0 Å². The zero-order chi connectivity index (χ0) is 17.0. The Morgan fingerprint density at radius 1 is 1.30 bits per heavy atom. The molecule has 2 rings (SSSR count). The van der Waals surface area contributed by atoms with Crippen LogP contribution in [0.15, 0.2) is 29.4 Å². The lowest BCUT2D eigenvalue weighted by molar-refractivity contribution is -0.384. The van der Waals surface area contributed by atoms with Gasteiger partial charge in [-0.05, 0) is 0 Å². The second kappa shape index (κ2) is 7.44. The number of non-ortho nitro benzene ring substituents is 1. The highest BCUT2D eigenvalue weighted by Gasteiger charge is 2.44. The molecule has 1 heterocycles. The van der Waals surface area contributed by atoms with Crippen molar-refractivity contribution < 1.29 is 34.9 Å². The van der Waals surface area contributed by atoms with E-state index < -0.39 is 42.2 Å². The first-order valence-corrected chi connectivity index (χ1v) is 6.68. The summed E-state index contributed by atoms with van der Waals surface area (Å²) in [5.41, 5.74) is 0.255. The maximum Gasteiger partial charge on any atom is 0.270 e. The van der Waals surface area contributed by atoms with Gasteiger partial charge in [-0.2, -0.15) is 0 Å². The van der Waals surface area contributed by atoms with Crippen LogP contribution >= 0.6 is 0 Å². The molecule has 1 aromatic rings. The van der Waals surface area contributed by atoms with Gasteiger partial charge in [0.1, 0.15) is 24.4 Å². The minimum Gasteiger partial charge on any atom is -0.394 e. The van der Waals surface area contributed by atoms with Gasteiger partial charge in [-0.1, -0.05) is 17.3 Å².